The summed E-state index contributed by atoms with van der Waals surface area (Å²) in [5, 5.41) is 12.2. The second-order valence-corrected chi connectivity index (χ2v) is 7.70. The van der Waals surface area contributed by atoms with E-state index in [0.29, 0.717) is 49.6 Å². The molecule has 0 amide bonds. The van der Waals surface area contributed by atoms with Crippen molar-refractivity contribution in [2.24, 2.45) is 0 Å². The van der Waals surface area contributed by atoms with Crippen LogP contribution in [0.2, 0.25) is 0 Å². The van der Waals surface area contributed by atoms with Gasteiger partial charge in [-0.2, -0.15) is 10.1 Å². The quantitative estimate of drug-likeness (QED) is 0.511. The number of rotatable bonds is 4. The highest BCUT2D eigenvalue weighted by molar-refractivity contribution is 5.86. The van der Waals surface area contributed by atoms with Gasteiger partial charge < -0.3 is 15.8 Å². The zero-order valence-corrected chi connectivity index (χ0v) is 16.0. The molecule has 11 heteroatoms. The molecule has 6 rings (SSSR count). The predicted octanol–water partition coefficient (Wildman–Crippen LogP) is 0.854. The molecular formula is C19H20FN9O. The molecule has 0 saturated carbocycles. The molecule has 0 bridgehead atoms. The Kier molecular flexibility index (Phi) is 3.86. The van der Waals surface area contributed by atoms with Crippen molar-refractivity contribution < 1.29 is 9.13 Å². The van der Waals surface area contributed by atoms with Gasteiger partial charge in [-0.3, -0.25) is 4.90 Å². The normalized spacial score (nSPS) is 22.7. The maximum absolute atomic E-state index is 14.5. The van der Waals surface area contributed by atoms with Crippen molar-refractivity contribution in [3.63, 3.8) is 0 Å². The number of halogens is 1. The lowest BCUT2D eigenvalue weighted by molar-refractivity contribution is -0.0585. The molecule has 0 aromatic carbocycles. The van der Waals surface area contributed by atoms with E-state index >= 15 is 0 Å². The Balaban J connectivity index is 1.29. The van der Waals surface area contributed by atoms with Gasteiger partial charge in [0, 0.05) is 37.2 Å². The van der Waals surface area contributed by atoms with Gasteiger partial charge in [0.25, 0.3) is 0 Å². The number of nitrogens with zero attached hydrogens (tertiary/aromatic N) is 7. The largest absolute Gasteiger partial charge is 0.382 e. The van der Waals surface area contributed by atoms with Crippen molar-refractivity contribution in [1.29, 1.82) is 0 Å². The van der Waals surface area contributed by atoms with Crippen molar-refractivity contribution >= 4 is 22.9 Å². The van der Waals surface area contributed by atoms with Crippen molar-refractivity contribution in [2.45, 2.75) is 18.3 Å². The number of likely N-dealkylation sites (tertiary alicyclic amines) is 1. The van der Waals surface area contributed by atoms with E-state index in [1.165, 1.54) is 0 Å². The minimum absolute atomic E-state index is 0.302. The Morgan fingerprint density at radius 3 is 2.83 bits per heavy atom. The molecule has 2 saturated heterocycles. The summed E-state index contributed by atoms with van der Waals surface area (Å²) in [6, 6.07) is 5.58. The van der Waals surface area contributed by atoms with Crippen molar-refractivity contribution in [3.05, 3.63) is 36.8 Å². The van der Waals surface area contributed by atoms with Crippen LogP contribution in [-0.4, -0.2) is 78.7 Å². The molecule has 10 nitrogen and oxygen atoms in total. The number of nitrogen functional groups attached to an aromatic ring is 1. The van der Waals surface area contributed by atoms with Gasteiger partial charge in [0.15, 0.2) is 11.5 Å². The van der Waals surface area contributed by atoms with Gasteiger partial charge in [-0.15, -0.1) is 5.10 Å². The summed E-state index contributed by atoms with van der Waals surface area (Å²) in [6.07, 6.45) is 4.28. The van der Waals surface area contributed by atoms with E-state index in [-0.39, 0.29) is 6.04 Å². The minimum Gasteiger partial charge on any atom is -0.382 e. The van der Waals surface area contributed by atoms with Gasteiger partial charge in [0.05, 0.1) is 31.0 Å². The summed E-state index contributed by atoms with van der Waals surface area (Å²) in [6.45, 7) is 2.31. The fraction of sp³-hybridized carbons (Fsp3) is 0.368. The number of hydrogen-bond acceptors (Lipinski definition) is 8. The lowest BCUT2D eigenvalue weighted by Crippen LogP contribution is -2.48. The van der Waals surface area contributed by atoms with E-state index in [4.69, 9.17) is 10.5 Å². The lowest BCUT2D eigenvalue weighted by atomic mass is 10.2. The third kappa shape index (κ3) is 2.77. The standard InChI is InChI=1S/C19H20FN9O/c20-13-7-27(11-9-30-10-11)8-15(13)23-19-24-18(21)17-12(3-5-29(17)26-19)14-1-2-16-22-4-6-28(16)25-14/h1-6,11,13,15H,7-10H2,(H3,21,23,24,26)/t13-,15+/m0/s1. The second kappa shape index (κ2) is 6.61. The number of aromatic nitrogens is 6. The Morgan fingerprint density at radius 2 is 2.00 bits per heavy atom. The first kappa shape index (κ1) is 17.5. The third-order valence-electron chi connectivity index (χ3n) is 5.80. The Bertz CT molecular complexity index is 1230. The van der Waals surface area contributed by atoms with E-state index in [9.17, 15) is 4.39 Å². The van der Waals surface area contributed by atoms with Crippen LogP contribution in [0.4, 0.5) is 16.2 Å². The van der Waals surface area contributed by atoms with E-state index < -0.39 is 6.17 Å². The molecule has 6 heterocycles. The van der Waals surface area contributed by atoms with Crippen LogP contribution in [0.25, 0.3) is 22.4 Å². The first-order chi connectivity index (χ1) is 14.7. The van der Waals surface area contributed by atoms with E-state index in [1.807, 2.05) is 18.2 Å². The van der Waals surface area contributed by atoms with Crippen LogP contribution < -0.4 is 11.1 Å². The molecule has 0 unspecified atom stereocenters. The molecule has 2 fully saturated rings. The molecule has 154 valence electrons. The van der Waals surface area contributed by atoms with E-state index in [1.54, 1.807) is 27.6 Å². The summed E-state index contributed by atoms with van der Waals surface area (Å²) >= 11 is 0. The maximum atomic E-state index is 14.5. The van der Waals surface area contributed by atoms with Gasteiger partial charge >= 0.3 is 0 Å². The van der Waals surface area contributed by atoms with Gasteiger partial charge in [-0.05, 0) is 18.2 Å². The number of anilines is 2. The Hall–Kier alpha value is -3.31. The number of fused-ring (bicyclic) bond motifs is 2. The third-order valence-corrected chi connectivity index (χ3v) is 5.80. The van der Waals surface area contributed by atoms with Gasteiger partial charge in [0.1, 0.15) is 11.7 Å². The van der Waals surface area contributed by atoms with E-state index in [2.05, 4.69) is 30.4 Å². The van der Waals surface area contributed by atoms with E-state index in [0.717, 1.165) is 16.9 Å². The SMILES string of the molecule is Nc1nc(N[C@@H]2CN(C3COC3)C[C@@H]2F)nn2ccc(-c3ccc4nccn4n3)c12. The van der Waals surface area contributed by atoms with Crippen molar-refractivity contribution in [1.82, 2.24) is 34.1 Å². The molecule has 4 aromatic rings. The Morgan fingerprint density at radius 1 is 1.10 bits per heavy atom. The maximum Gasteiger partial charge on any atom is 0.243 e. The first-order valence-corrected chi connectivity index (χ1v) is 9.84. The summed E-state index contributed by atoms with van der Waals surface area (Å²) in [5.74, 6) is 0.609. The van der Waals surface area contributed by atoms with Crippen LogP contribution >= 0.6 is 0 Å². The highest BCUT2D eigenvalue weighted by Crippen LogP contribution is 2.28. The molecule has 2 aliphatic heterocycles. The molecule has 4 aromatic heterocycles. The smallest absolute Gasteiger partial charge is 0.243 e. The summed E-state index contributed by atoms with van der Waals surface area (Å²) < 4.78 is 23.1. The topological polar surface area (TPSA) is 111 Å². The Labute approximate surface area is 170 Å². The van der Waals surface area contributed by atoms with Crippen molar-refractivity contribution in [3.8, 4) is 11.3 Å². The number of hydrogen-bond donors (Lipinski definition) is 2. The van der Waals surface area contributed by atoms with Crippen LogP contribution in [0.1, 0.15) is 0 Å². The number of ether oxygens (including phenoxy) is 1. The highest BCUT2D eigenvalue weighted by atomic mass is 19.1. The summed E-state index contributed by atoms with van der Waals surface area (Å²) in [7, 11) is 0. The van der Waals surface area contributed by atoms with Gasteiger partial charge in [-0.25, -0.2) is 18.4 Å². The van der Waals surface area contributed by atoms with Crippen LogP contribution in [0.5, 0.6) is 0 Å². The first-order valence-electron chi connectivity index (χ1n) is 9.84. The van der Waals surface area contributed by atoms with Crippen LogP contribution in [0.15, 0.2) is 36.8 Å². The molecule has 2 aliphatic rings. The number of imidazole rings is 1. The molecule has 0 aliphatic carbocycles. The summed E-state index contributed by atoms with van der Waals surface area (Å²) in [4.78, 5) is 10.7. The molecule has 3 N–H and O–H groups in total. The fourth-order valence-corrected chi connectivity index (χ4v) is 4.11. The molecular weight excluding hydrogens is 389 g/mol. The van der Waals surface area contributed by atoms with Crippen LogP contribution in [0, 0.1) is 0 Å². The van der Waals surface area contributed by atoms with Crippen LogP contribution in [0.3, 0.4) is 0 Å². The molecule has 30 heavy (non-hydrogen) atoms. The summed E-state index contributed by atoms with van der Waals surface area (Å²) in [5.41, 5.74) is 9.23. The predicted molar refractivity (Wildman–Crippen MR) is 108 cm³/mol. The number of alkyl halides is 1. The zero-order valence-electron chi connectivity index (χ0n) is 16.0. The van der Waals surface area contributed by atoms with Gasteiger partial charge in [0.2, 0.25) is 5.95 Å². The van der Waals surface area contributed by atoms with Crippen molar-refractivity contribution in [2.75, 3.05) is 37.4 Å². The molecule has 0 radical (unpaired) electrons. The van der Waals surface area contributed by atoms with Crippen LogP contribution in [-0.2, 0) is 4.74 Å². The minimum atomic E-state index is -1.00. The number of nitrogens with one attached hydrogen (secondary N) is 1. The molecule has 0 spiro atoms. The molecule has 2 atom stereocenters. The lowest BCUT2D eigenvalue weighted by Gasteiger charge is -2.34. The fourth-order valence-electron chi connectivity index (χ4n) is 4.11. The monoisotopic (exact) mass is 409 g/mol. The average Bonchev–Trinajstić information content (AvgIpc) is 3.39. The highest BCUT2D eigenvalue weighted by Gasteiger charge is 2.39. The second-order valence-electron chi connectivity index (χ2n) is 7.70. The number of nitrogens with two attached hydrogens (primary N) is 1. The zero-order chi connectivity index (χ0) is 20.2. The average molecular weight is 409 g/mol. The van der Waals surface area contributed by atoms with Gasteiger partial charge in [-0.1, -0.05) is 0 Å².